The van der Waals surface area contributed by atoms with Crippen molar-refractivity contribution in [2.75, 3.05) is 6.54 Å². The summed E-state index contributed by atoms with van der Waals surface area (Å²) >= 11 is 0. The second-order valence-corrected chi connectivity index (χ2v) is 7.34. The van der Waals surface area contributed by atoms with Crippen molar-refractivity contribution in [2.24, 2.45) is 5.92 Å². The first-order chi connectivity index (χ1) is 14.2. The van der Waals surface area contributed by atoms with Crippen molar-refractivity contribution < 1.29 is 22.8 Å². The van der Waals surface area contributed by atoms with Crippen LogP contribution in [0.4, 0.5) is 13.2 Å². The van der Waals surface area contributed by atoms with Crippen molar-refractivity contribution in [3.05, 3.63) is 70.8 Å². The van der Waals surface area contributed by atoms with Crippen LogP contribution in [0.3, 0.4) is 0 Å². The summed E-state index contributed by atoms with van der Waals surface area (Å²) in [5.41, 5.74) is 0.943. The number of halogens is 3. The normalized spacial score (nSPS) is 17.5. The highest BCUT2D eigenvalue weighted by Gasteiger charge is 2.35. The molecule has 2 aromatic rings. The molecule has 1 fully saturated rings. The van der Waals surface area contributed by atoms with Crippen LogP contribution in [0.1, 0.15) is 41.6 Å². The fraction of sp³-hybridized carbons (Fsp3) is 0.318. The highest BCUT2D eigenvalue weighted by Crippen LogP contribution is 2.30. The van der Waals surface area contributed by atoms with Crippen molar-refractivity contribution in [1.82, 2.24) is 10.2 Å². The van der Waals surface area contributed by atoms with Crippen LogP contribution in [0.15, 0.2) is 48.5 Å². The van der Waals surface area contributed by atoms with Gasteiger partial charge in [-0.25, -0.2) is 0 Å². The van der Waals surface area contributed by atoms with Crippen LogP contribution < -0.4 is 5.32 Å². The lowest BCUT2D eigenvalue weighted by Gasteiger charge is -2.19. The number of nitrogens with zero attached hydrogens (tertiary/aromatic N) is 2. The second-order valence-electron chi connectivity index (χ2n) is 7.34. The Morgan fingerprint density at radius 3 is 2.60 bits per heavy atom. The molecule has 1 aliphatic rings. The van der Waals surface area contributed by atoms with Crippen LogP contribution in [0, 0.1) is 17.2 Å². The molecule has 0 aliphatic carbocycles. The molecular formula is C22H20F3N3O2. The van der Waals surface area contributed by atoms with E-state index in [0.717, 1.165) is 17.7 Å². The van der Waals surface area contributed by atoms with Gasteiger partial charge < -0.3 is 10.2 Å². The lowest BCUT2D eigenvalue weighted by Crippen LogP contribution is -2.34. The standard InChI is InChI=1S/C22H20F3N3O2/c1-14(17-7-5-15(11-26)6-8-17)27-21(30)18-10-20(29)28(13-18)12-16-3-2-4-19(9-16)22(23,24)25/h2-9,14,18H,10,12-13H2,1H3,(H,27,30)/t14-,18+/m0/s1. The Labute approximate surface area is 172 Å². The Morgan fingerprint density at radius 2 is 1.97 bits per heavy atom. The molecule has 0 aromatic heterocycles. The van der Waals surface area contributed by atoms with Crippen LogP contribution in [0.25, 0.3) is 0 Å². The number of carbonyl (C=O) groups excluding carboxylic acids is 2. The smallest absolute Gasteiger partial charge is 0.349 e. The van der Waals surface area contributed by atoms with Gasteiger partial charge in [-0.3, -0.25) is 9.59 Å². The lowest BCUT2D eigenvalue weighted by atomic mass is 10.0. The summed E-state index contributed by atoms with van der Waals surface area (Å²) in [5, 5.41) is 11.7. The number of likely N-dealkylation sites (tertiary alicyclic amines) is 1. The average molecular weight is 415 g/mol. The molecule has 1 saturated heterocycles. The molecule has 0 spiro atoms. The van der Waals surface area contributed by atoms with Gasteiger partial charge in [-0.15, -0.1) is 0 Å². The number of rotatable bonds is 5. The van der Waals surface area contributed by atoms with E-state index in [1.165, 1.54) is 17.0 Å². The third kappa shape index (κ3) is 4.98. The van der Waals surface area contributed by atoms with E-state index in [9.17, 15) is 22.8 Å². The van der Waals surface area contributed by atoms with E-state index in [1.807, 2.05) is 6.07 Å². The molecule has 1 aliphatic heterocycles. The van der Waals surface area contributed by atoms with Crippen molar-refractivity contribution in [1.29, 1.82) is 5.26 Å². The van der Waals surface area contributed by atoms with E-state index in [4.69, 9.17) is 5.26 Å². The van der Waals surface area contributed by atoms with Gasteiger partial charge in [-0.1, -0.05) is 24.3 Å². The predicted octanol–water partition coefficient (Wildman–Crippen LogP) is 3.80. The zero-order valence-electron chi connectivity index (χ0n) is 16.2. The van der Waals surface area contributed by atoms with Gasteiger partial charge >= 0.3 is 6.18 Å². The summed E-state index contributed by atoms with van der Waals surface area (Å²) in [6.07, 6.45) is -4.43. The van der Waals surface area contributed by atoms with E-state index in [2.05, 4.69) is 5.32 Å². The van der Waals surface area contributed by atoms with Crippen molar-refractivity contribution in [3.8, 4) is 6.07 Å². The SMILES string of the molecule is C[C@H](NC(=O)[C@@H]1CC(=O)N(Cc2cccc(C(F)(F)F)c2)C1)c1ccc(C#N)cc1. The van der Waals surface area contributed by atoms with Gasteiger partial charge in [0.25, 0.3) is 0 Å². The number of hydrogen-bond acceptors (Lipinski definition) is 3. The summed E-state index contributed by atoms with van der Waals surface area (Å²) in [7, 11) is 0. The monoisotopic (exact) mass is 415 g/mol. The van der Waals surface area contributed by atoms with E-state index >= 15 is 0 Å². The largest absolute Gasteiger partial charge is 0.416 e. The molecule has 2 aromatic carbocycles. The molecule has 0 unspecified atom stereocenters. The summed E-state index contributed by atoms with van der Waals surface area (Å²) in [5.74, 6) is -1.12. The molecule has 8 heteroatoms. The minimum atomic E-state index is -4.45. The topological polar surface area (TPSA) is 73.2 Å². The quantitative estimate of drug-likeness (QED) is 0.807. The number of amides is 2. The predicted molar refractivity (Wildman–Crippen MR) is 103 cm³/mol. The molecule has 156 valence electrons. The highest BCUT2D eigenvalue weighted by molar-refractivity contribution is 5.89. The Morgan fingerprint density at radius 1 is 1.27 bits per heavy atom. The third-order valence-corrected chi connectivity index (χ3v) is 5.11. The minimum absolute atomic E-state index is 0.0187. The van der Waals surface area contributed by atoms with Crippen LogP contribution in [-0.2, 0) is 22.3 Å². The van der Waals surface area contributed by atoms with E-state index in [-0.39, 0.29) is 37.4 Å². The average Bonchev–Trinajstić information content (AvgIpc) is 3.08. The highest BCUT2D eigenvalue weighted by atomic mass is 19.4. The minimum Gasteiger partial charge on any atom is -0.349 e. The molecule has 5 nitrogen and oxygen atoms in total. The summed E-state index contributed by atoms with van der Waals surface area (Å²) < 4.78 is 38.6. The van der Waals surface area contributed by atoms with Gasteiger partial charge in [0.15, 0.2) is 0 Å². The van der Waals surface area contributed by atoms with Gasteiger partial charge in [0.2, 0.25) is 11.8 Å². The number of carbonyl (C=O) groups is 2. The molecule has 30 heavy (non-hydrogen) atoms. The Kier molecular flexibility index (Phi) is 6.11. The van der Waals surface area contributed by atoms with Crippen molar-refractivity contribution in [2.45, 2.75) is 32.1 Å². The maximum absolute atomic E-state index is 12.9. The summed E-state index contributed by atoms with van der Waals surface area (Å²) in [6, 6.07) is 13.4. The van der Waals surface area contributed by atoms with Gasteiger partial charge in [0.05, 0.1) is 29.2 Å². The summed E-state index contributed by atoms with van der Waals surface area (Å²) in [4.78, 5) is 26.3. The maximum Gasteiger partial charge on any atom is 0.416 e. The fourth-order valence-corrected chi connectivity index (χ4v) is 3.43. The van der Waals surface area contributed by atoms with E-state index in [1.54, 1.807) is 31.2 Å². The summed E-state index contributed by atoms with van der Waals surface area (Å²) in [6.45, 7) is 1.98. The number of hydrogen-bond donors (Lipinski definition) is 1. The van der Waals surface area contributed by atoms with Crippen LogP contribution in [-0.4, -0.2) is 23.3 Å². The molecular weight excluding hydrogens is 395 g/mol. The molecule has 3 rings (SSSR count). The third-order valence-electron chi connectivity index (χ3n) is 5.11. The molecule has 2 amide bonds. The van der Waals surface area contributed by atoms with Crippen LogP contribution in [0.5, 0.6) is 0 Å². The first-order valence-electron chi connectivity index (χ1n) is 9.41. The number of nitriles is 1. The first kappa shape index (κ1) is 21.4. The zero-order valence-corrected chi connectivity index (χ0v) is 16.2. The molecule has 0 radical (unpaired) electrons. The second kappa shape index (κ2) is 8.57. The Hall–Kier alpha value is -3.34. The Balaban J connectivity index is 1.61. The van der Waals surface area contributed by atoms with E-state index < -0.39 is 17.7 Å². The van der Waals surface area contributed by atoms with Crippen molar-refractivity contribution in [3.63, 3.8) is 0 Å². The first-order valence-corrected chi connectivity index (χ1v) is 9.41. The van der Waals surface area contributed by atoms with Crippen LogP contribution in [0.2, 0.25) is 0 Å². The molecule has 0 saturated carbocycles. The molecule has 1 N–H and O–H groups in total. The van der Waals surface area contributed by atoms with Gasteiger partial charge in [-0.2, -0.15) is 18.4 Å². The molecule has 2 atom stereocenters. The van der Waals surface area contributed by atoms with E-state index in [0.29, 0.717) is 11.1 Å². The molecule has 0 bridgehead atoms. The number of nitrogens with one attached hydrogen (secondary N) is 1. The lowest BCUT2D eigenvalue weighted by molar-refractivity contribution is -0.137. The van der Waals surface area contributed by atoms with Gasteiger partial charge in [0, 0.05) is 19.5 Å². The van der Waals surface area contributed by atoms with Gasteiger partial charge in [-0.05, 0) is 42.3 Å². The maximum atomic E-state index is 12.9. The zero-order chi connectivity index (χ0) is 21.9. The fourth-order valence-electron chi connectivity index (χ4n) is 3.43. The van der Waals surface area contributed by atoms with Crippen LogP contribution >= 0.6 is 0 Å². The number of alkyl halides is 3. The number of benzene rings is 2. The Bertz CT molecular complexity index is 980. The van der Waals surface area contributed by atoms with Crippen molar-refractivity contribution >= 4 is 11.8 Å². The molecule has 1 heterocycles. The van der Waals surface area contributed by atoms with Gasteiger partial charge in [0.1, 0.15) is 0 Å².